The van der Waals surface area contributed by atoms with Crippen molar-refractivity contribution in [2.24, 2.45) is 5.73 Å². The number of nitrogens with zero attached hydrogens (tertiary/aromatic N) is 2. The Labute approximate surface area is 235 Å². The Hall–Kier alpha value is -4.99. The Morgan fingerprint density at radius 3 is 2.22 bits per heavy atom. The second kappa shape index (κ2) is 10.5. The maximum Gasteiger partial charge on any atom is 0.303 e. The lowest BCUT2D eigenvalue weighted by molar-refractivity contribution is -0.137. The number of aryl methyl sites for hydroxylation is 3. The highest BCUT2D eigenvalue weighted by atomic mass is 16.4. The Bertz CT molecular complexity index is 1870. The molecule has 0 atom stereocenters. The molecule has 0 spiro atoms. The fourth-order valence-electron chi connectivity index (χ4n) is 5.46. The van der Waals surface area contributed by atoms with Crippen LogP contribution in [0.15, 0.2) is 24.3 Å². The highest BCUT2D eigenvalue weighted by molar-refractivity contribution is 6.05. The van der Waals surface area contributed by atoms with Crippen molar-refractivity contribution in [3.05, 3.63) is 69.3 Å². The third kappa shape index (κ3) is 5.28. The molecule has 10 heteroatoms. The first-order chi connectivity index (χ1) is 19.4. The molecule has 5 heterocycles. The van der Waals surface area contributed by atoms with Gasteiger partial charge in [-0.25, -0.2) is 9.97 Å². The number of hydrogen-bond acceptors (Lipinski definition) is 5. The molecule has 0 unspecified atom stereocenters. The van der Waals surface area contributed by atoms with E-state index < -0.39 is 17.8 Å². The molecule has 2 aliphatic heterocycles. The first-order valence-electron chi connectivity index (χ1n) is 13.3. The van der Waals surface area contributed by atoms with Crippen molar-refractivity contribution in [1.82, 2.24) is 19.9 Å². The molecular weight excluding hydrogens is 522 g/mol. The standard InChI is InChI=1S/C31H31N5O5/c1-14-10-26-29(31(32)41)30-15(2)9-18(33-30)11-22-16(3)19(5-7-27(37)38)24(35-22)13-25-20(6-8-28(39)40)17(4)23(36-25)12-21(14)34-26/h9-13,33,35H,5-8H2,1-4H3,(H2,32,41)(H,37,38)(H,39,40). The average molecular weight is 554 g/mol. The lowest BCUT2D eigenvalue weighted by atomic mass is 10.0. The van der Waals surface area contributed by atoms with Gasteiger partial charge in [0.25, 0.3) is 5.91 Å². The summed E-state index contributed by atoms with van der Waals surface area (Å²) in [5.41, 5.74) is 16.2. The molecule has 210 valence electrons. The van der Waals surface area contributed by atoms with Crippen molar-refractivity contribution >= 4 is 62.7 Å². The van der Waals surface area contributed by atoms with Gasteiger partial charge in [-0.3, -0.25) is 14.4 Å². The zero-order chi connectivity index (χ0) is 29.6. The Balaban J connectivity index is 1.93. The number of aliphatic carboxylic acids is 2. The summed E-state index contributed by atoms with van der Waals surface area (Å²) in [7, 11) is 0. The van der Waals surface area contributed by atoms with Gasteiger partial charge in [0.2, 0.25) is 0 Å². The molecule has 0 aromatic carbocycles. The SMILES string of the molecule is CC1=Cc2nc1cc1nc(cc3[nH]c(cc4cc(C)c([nH]4)c2C(N)=O)c(C)c3CCC(=O)O)C(CCC(=O)O)=C1C. The Morgan fingerprint density at radius 2 is 1.54 bits per heavy atom. The molecule has 6 N–H and O–H groups in total. The molecule has 0 aliphatic carbocycles. The van der Waals surface area contributed by atoms with Crippen LogP contribution in [0, 0.1) is 13.8 Å². The normalized spacial score (nSPS) is 12.9. The van der Waals surface area contributed by atoms with Crippen molar-refractivity contribution in [3.8, 4) is 0 Å². The molecule has 3 aromatic rings. The second-order valence-corrected chi connectivity index (χ2v) is 10.5. The topological polar surface area (TPSA) is 175 Å². The first-order valence-corrected chi connectivity index (χ1v) is 13.3. The number of nitrogens with one attached hydrogen (secondary N) is 2. The minimum Gasteiger partial charge on any atom is -0.481 e. The summed E-state index contributed by atoms with van der Waals surface area (Å²) in [4.78, 5) is 52.0. The summed E-state index contributed by atoms with van der Waals surface area (Å²) in [6, 6.07) is 7.52. The van der Waals surface area contributed by atoms with Crippen LogP contribution >= 0.6 is 0 Å². The van der Waals surface area contributed by atoms with Gasteiger partial charge in [-0.15, -0.1) is 0 Å². The van der Waals surface area contributed by atoms with Gasteiger partial charge < -0.3 is 25.9 Å². The van der Waals surface area contributed by atoms with Gasteiger partial charge in [0.05, 0.1) is 33.9 Å². The van der Waals surface area contributed by atoms with Crippen LogP contribution in [0.5, 0.6) is 0 Å². The molecule has 0 fully saturated rings. The van der Waals surface area contributed by atoms with Gasteiger partial charge >= 0.3 is 11.9 Å². The fourth-order valence-corrected chi connectivity index (χ4v) is 5.46. The Morgan fingerprint density at radius 1 is 0.829 bits per heavy atom. The smallest absolute Gasteiger partial charge is 0.303 e. The van der Waals surface area contributed by atoms with E-state index in [1.54, 1.807) is 0 Å². The number of fused-ring (bicyclic) bond motifs is 8. The summed E-state index contributed by atoms with van der Waals surface area (Å²) >= 11 is 0. The molecule has 0 saturated heterocycles. The monoisotopic (exact) mass is 553 g/mol. The number of carbonyl (C=O) groups is 3. The van der Waals surface area contributed by atoms with E-state index in [0.717, 1.165) is 44.4 Å². The molecule has 1 amide bonds. The average Bonchev–Trinajstić information content (AvgIpc) is 3.58. The molecule has 5 rings (SSSR count). The molecule has 41 heavy (non-hydrogen) atoms. The molecule has 2 aliphatic rings. The van der Waals surface area contributed by atoms with Crippen LogP contribution in [-0.4, -0.2) is 48.0 Å². The summed E-state index contributed by atoms with van der Waals surface area (Å²) in [5.74, 6) is -2.43. The van der Waals surface area contributed by atoms with Crippen LogP contribution in [0.4, 0.5) is 0 Å². The molecule has 8 bridgehead atoms. The van der Waals surface area contributed by atoms with Crippen LogP contribution in [0.2, 0.25) is 0 Å². The van der Waals surface area contributed by atoms with E-state index in [1.807, 2.05) is 58.0 Å². The quantitative estimate of drug-likeness (QED) is 0.260. The number of aromatic nitrogens is 4. The largest absolute Gasteiger partial charge is 0.481 e. The van der Waals surface area contributed by atoms with Crippen molar-refractivity contribution in [1.29, 1.82) is 0 Å². The molecule has 3 aromatic heterocycles. The third-order valence-corrected chi connectivity index (χ3v) is 7.66. The van der Waals surface area contributed by atoms with E-state index in [1.165, 1.54) is 0 Å². The maximum atomic E-state index is 12.7. The maximum absolute atomic E-state index is 12.7. The van der Waals surface area contributed by atoms with Gasteiger partial charge in [-0.1, -0.05) is 0 Å². The number of carboxylic acids is 2. The van der Waals surface area contributed by atoms with Crippen molar-refractivity contribution in [2.45, 2.75) is 53.4 Å². The lowest BCUT2D eigenvalue weighted by Gasteiger charge is -2.03. The predicted octanol–water partition coefficient (Wildman–Crippen LogP) is 5.40. The minimum atomic E-state index is -0.914. The van der Waals surface area contributed by atoms with Crippen LogP contribution < -0.4 is 5.73 Å². The van der Waals surface area contributed by atoms with E-state index in [9.17, 15) is 24.6 Å². The molecule has 0 radical (unpaired) electrons. The van der Waals surface area contributed by atoms with Crippen LogP contribution in [0.25, 0.3) is 44.9 Å². The van der Waals surface area contributed by atoms with Gasteiger partial charge in [0, 0.05) is 29.4 Å². The number of nitrogens with two attached hydrogens (primary N) is 1. The number of rotatable bonds is 7. The zero-order valence-corrected chi connectivity index (χ0v) is 23.3. The van der Waals surface area contributed by atoms with Crippen LogP contribution in [-0.2, 0) is 16.0 Å². The number of hydrogen-bond donors (Lipinski definition) is 5. The van der Waals surface area contributed by atoms with E-state index in [-0.39, 0.29) is 24.8 Å². The van der Waals surface area contributed by atoms with Gasteiger partial charge in [-0.2, -0.15) is 0 Å². The van der Waals surface area contributed by atoms with Gasteiger partial charge in [0.15, 0.2) is 0 Å². The summed E-state index contributed by atoms with van der Waals surface area (Å²) < 4.78 is 0. The number of allylic oxidation sites excluding steroid dienone is 3. The van der Waals surface area contributed by atoms with E-state index >= 15 is 0 Å². The number of H-pyrrole nitrogens is 2. The van der Waals surface area contributed by atoms with Crippen LogP contribution in [0.1, 0.15) is 82.9 Å². The highest BCUT2D eigenvalue weighted by Crippen LogP contribution is 2.35. The van der Waals surface area contributed by atoms with Crippen molar-refractivity contribution in [3.63, 3.8) is 0 Å². The fraction of sp³-hybridized carbons (Fsp3) is 0.258. The van der Waals surface area contributed by atoms with Gasteiger partial charge in [0.1, 0.15) is 0 Å². The van der Waals surface area contributed by atoms with Crippen LogP contribution in [0.3, 0.4) is 0 Å². The highest BCUT2D eigenvalue weighted by Gasteiger charge is 2.21. The summed E-state index contributed by atoms with van der Waals surface area (Å²) in [6.45, 7) is 7.61. The van der Waals surface area contributed by atoms with Gasteiger partial charge in [-0.05, 0) is 104 Å². The Kier molecular flexibility index (Phi) is 7.08. The number of primary amides is 1. The minimum absolute atomic E-state index is 0.0515. The predicted molar refractivity (Wildman–Crippen MR) is 158 cm³/mol. The number of amides is 1. The lowest BCUT2D eigenvalue weighted by Crippen LogP contribution is -2.13. The summed E-state index contributed by atoms with van der Waals surface area (Å²) in [5, 5.41) is 18.8. The number of carboxylic acid groups (broad SMARTS) is 2. The number of carbonyl (C=O) groups excluding carboxylic acids is 1. The summed E-state index contributed by atoms with van der Waals surface area (Å²) in [6.07, 6.45) is 2.28. The van der Waals surface area contributed by atoms with E-state index in [4.69, 9.17) is 15.7 Å². The molecule has 10 nitrogen and oxygen atoms in total. The van der Waals surface area contributed by atoms with E-state index in [0.29, 0.717) is 40.2 Å². The first kappa shape index (κ1) is 27.6. The third-order valence-electron chi connectivity index (χ3n) is 7.66. The molecule has 0 saturated carbocycles. The number of aromatic amines is 2. The zero-order valence-electron chi connectivity index (χ0n) is 23.3. The second-order valence-electron chi connectivity index (χ2n) is 10.5. The van der Waals surface area contributed by atoms with E-state index in [2.05, 4.69) is 9.97 Å². The molecular formula is C31H31N5O5. The van der Waals surface area contributed by atoms with Crippen molar-refractivity contribution in [2.75, 3.05) is 0 Å². The van der Waals surface area contributed by atoms with Crippen molar-refractivity contribution < 1.29 is 24.6 Å².